The first-order chi connectivity index (χ1) is 8.08. The standard InChI is InChI=1S/C14H23NO2/c1-10(2)12-8-14(17)15(9-12)7-6-11-4-3-5-13(11)16/h10-12H,3-9H2,1-2H3. The van der Waals surface area contributed by atoms with Gasteiger partial charge in [0.25, 0.3) is 0 Å². The van der Waals surface area contributed by atoms with E-state index in [0.29, 0.717) is 24.0 Å². The zero-order valence-corrected chi connectivity index (χ0v) is 10.9. The molecule has 1 amide bonds. The molecular weight excluding hydrogens is 214 g/mol. The molecule has 17 heavy (non-hydrogen) atoms. The lowest BCUT2D eigenvalue weighted by Gasteiger charge is -2.19. The van der Waals surface area contributed by atoms with Crippen molar-refractivity contribution in [2.75, 3.05) is 13.1 Å². The Morgan fingerprint density at radius 2 is 2.12 bits per heavy atom. The van der Waals surface area contributed by atoms with Crippen LogP contribution in [0.3, 0.4) is 0 Å². The van der Waals surface area contributed by atoms with Crippen LogP contribution in [0.5, 0.6) is 0 Å². The fraction of sp³-hybridized carbons (Fsp3) is 0.857. The Kier molecular flexibility index (Phi) is 3.85. The van der Waals surface area contributed by atoms with E-state index in [2.05, 4.69) is 13.8 Å². The number of ketones is 1. The summed E-state index contributed by atoms with van der Waals surface area (Å²) in [7, 11) is 0. The van der Waals surface area contributed by atoms with Gasteiger partial charge < -0.3 is 4.90 Å². The summed E-state index contributed by atoms with van der Waals surface area (Å²) in [6.07, 6.45) is 4.43. The fourth-order valence-electron chi connectivity index (χ4n) is 2.97. The van der Waals surface area contributed by atoms with Gasteiger partial charge in [0.1, 0.15) is 5.78 Å². The third kappa shape index (κ3) is 2.88. The van der Waals surface area contributed by atoms with Crippen LogP contribution >= 0.6 is 0 Å². The van der Waals surface area contributed by atoms with E-state index in [1.807, 2.05) is 4.90 Å². The van der Waals surface area contributed by atoms with Crippen LogP contribution in [0.4, 0.5) is 0 Å². The summed E-state index contributed by atoms with van der Waals surface area (Å²) < 4.78 is 0. The number of hydrogen-bond donors (Lipinski definition) is 0. The zero-order valence-electron chi connectivity index (χ0n) is 10.9. The highest BCUT2D eigenvalue weighted by molar-refractivity contribution is 5.83. The molecule has 0 bridgehead atoms. The minimum Gasteiger partial charge on any atom is -0.342 e. The number of amides is 1. The van der Waals surface area contributed by atoms with Gasteiger partial charge in [-0.15, -0.1) is 0 Å². The normalized spacial score (nSPS) is 29.7. The van der Waals surface area contributed by atoms with Crippen molar-refractivity contribution in [1.82, 2.24) is 4.90 Å². The van der Waals surface area contributed by atoms with Crippen molar-refractivity contribution in [3.8, 4) is 0 Å². The maximum atomic E-state index is 11.8. The Bertz CT molecular complexity index is 311. The lowest BCUT2D eigenvalue weighted by Crippen LogP contribution is -2.28. The van der Waals surface area contributed by atoms with Crippen LogP contribution in [0, 0.1) is 17.8 Å². The Balaban J connectivity index is 1.80. The van der Waals surface area contributed by atoms with Gasteiger partial charge in [0.05, 0.1) is 0 Å². The van der Waals surface area contributed by atoms with Gasteiger partial charge in [0.15, 0.2) is 0 Å². The van der Waals surface area contributed by atoms with Gasteiger partial charge in [0, 0.05) is 31.8 Å². The molecule has 3 heteroatoms. The molecule has 0 aromatic heterocycles. The maximum Gasteiger partial charge on any atom is 0.222 e. The quantitative estimate of drug-likeness (QED) is 0.752. The summed E-state index contributed by atoms with van der Waals surface area (Å²) in [5.74, 6) is 2.03. The first kappa shape index (κ1) is 12.6. The highest BCUT2D eigenvalue weighted by Crippen LogP contribution is 2.28. The second-order valence-corrected chi connectivity index (χ2v) is 5.89. The van der Waals surface area contributed by atoms with Crippen LogP contribution < -0.4 is 0 Å². The van der Waals surface area contributed by atoms with E-state index < -0.39 is 0 Å². The molecule has 0 radical (unpaired) electrons. The molecule has 1 aliphatic heterocycles. The van der Waals surface area contributed by atoms with E-state index >= 15 is 0 Å². The van der Waals surface area contributed by atoms with Crippen molar-refractivity contribution in [1.29, 1.82) is 0 Å². The Morgan fingerprint density at radius 3 is 2.65 bits per heavy atom. The van der Waals surface area contributed by atoms with E-state index in [1.54, 1.807) is 0 Å². The largest absolute Gasteiger partial charge is 0.342 e. The van der Waals surface area contributed by atoms with Gasteiger partial charge in [-0.2, -0.15) is 0 Å². The summed E-state index contributed by atoms with van der Waals surface area (Å²) >= 11 is 0. The SMILES string of the molecule is CC(C)C1CC(=O)N(CCC2CCCC2=O)C1. The lowest BCUT2D eigenvalue weighted by atomic mass is 9.95. The topological polar surface area (TPSA) is 37.4 Å². The lowest BCUT2D eigenvalue weighted by molar-refractivity contribution is -0.128. The van der Waals surface area contributed by atoms with Crippen molar-refractivity contribution in [2.45, 2.75) is 46.0 Å². The van der Waals surface area contributed by atoms with Crippen LogP contribution in [0.1, 0.15) is 46.0 Å². The van der Waals surface area contributed by atoms with Crippen LogP contribution in [-0.2, 0) is 9.59 Å². The Labute approximate surface area is 104 Å². The average Bonchev–Trinajstić information content (AvgIpc) is 2.82. The highest BCUT2D eigenvalue weighted by Gasteiger charge is 2.32. The van der Waals surface area contributed by atoms with Crippen molar-refractivity contribution in [2.24, 2.45) is 17.8 Å². The fourth-order valence-corrected chi connectivity index (χ4v) is 2.97. The van der Waals surface area contributed by atoms with Crippen LogP contribution in [0.25, 0.3) is 0 Å². The van der Waals surface area contributed by atoms with E-state index in [-0.39, 0.29) is 11.8 Å². The molecule has 2 atom stereocenters. The monoisotopic (exact) mass is 237 g/mol. The molecular formula is C14H23NO2. The third-order valence-corrected chi connectivity index (χ3v) is 4.37. The summed E-state index contributed by atoms with van der Waals surface area (Å²) in [5, 5.41) is 0. The van der Waals surface area contributed by atoms with Gasteiger partial charge in [-0.25, -0.2) is 0 Å². The maximum absolute atomic E-state index is 11.8. The summed E-state index contributed by atoms with van der Waals surface area (Å²) in [6, 6.07) is 0. The Hall–Kier alpha value is -0.860. The van der Waals surface area contributed by atoms with Gasteiger partial charge in [0.2, 0.25) is 5.91 Å². The minimum atomic E-state index is 0.237. The predicted octanol–water partition coefficient (Wildman–Crippen LogP) is 2.25. The van der Waals surface area contributed by atoms with E-state index in [0.717, 1.165) is 38.8 Å². The van der Waals surface area contributed by atoms with Crippen molar-refractivity contribution in [3.63, 3.8) is 0 Å². The van der Waals surface area contributed by atoms with E-state index in [1.165, 1.54) is 0 Å². The van der Waals surface area contributed by atoms with Crippen LogP contribution in [-0.4, -0.2) is 29.7 Å². The molecule has 2 aliphatic rings. The summed E-state index contributed by atoms with van der Waals surface area (Å²) in [6.45, 7) is 6.06. The van der Waals surface area contributed by atoms with Gasteiger partial charge in [-0.1, -0.05) is 13.8 Å². The van der Waals surface area contributed by atoms with Crippen molar-refractivity contribution in [3.05, 3.63) is 0 Å². The number of carbonyl (C=O) groups excluding carboxylic acids is 2. The molecule has 2 rings (SSSR count). The molecule has 0 N–H and O–H groups in total. The number of carbonyl (C=O) groups is 2. The molecule has 1 saturated heterocycles. The summed E-state index contributed by atoms with van der Waals surface area (Å²) in [4.78, 5) is 25.3. The smallest absolute Gasteiger partial charge is 0.222 e. The van der Waals surface area contributed by atoms with E-state index in [9.17, 15) is 9.59 Å². The average molecular weight is 237 g/mol. The number of likely N-dealkylation sites (tertiary alicyclic amines) is 1. The predicted molar refractivity (Wildman–Crippen MR) is 66.5 cm³/mol. The van der Waals surface area contributed by atoms with Crippen LogP contribution in [0.2, 0.25) is 0 Å². The molecule has 1 heterocycles. The van der Waals surface area contributed by atoms with Crippen molar-refractivity contribution < 1.29 is 9.59 Å². The molecule has 3 nitrogen and oxygen atoms in total. The molecule has 2 unspecified atom stereocenters. The second kappa shape index (κ2) is 5.19. The number of hydrogen-bond acceptors (Lipinski definition) is 2. The molecule has 0 aromatic rings. The minimum absolute atomic E-state index is 0.237. The van der Waals surface area contributed by atoms with E-state index in [4.69, 9.17) is 0 Å². The third-order valence-electron chi connectivity index (χ3n) is 4.37. The Morgan fingerprint density at radius 1 is 1.35 bits per heavy atom. The molecule has 0 aromatic carbocycles. The van der Waals surface area contributed by atoms with Gasteiger partial charge in [-0.05, 0) is 31.1 Å². The van der Waals surface area contributed by atoms with Crippen LogP contribution in [0.15, 0.2) is 0 Å². The molecule has 2 fully saturated rings. The first-order valence-corrected chi connectivity index (χ1v) is 6.88. The molecule has 96 valence electrons. The number of rotatable bonds is 4. The zero-order chi connectivity index (χ0) is 12.4. The molecule has 1 aliphatic carbocycles. The van der Waals surface area contributed by atoms with Crippen molar-refractivity contribution >= 4 is 11.7 Å². The van der Waals surface area contributed by atoms with Gasteiger partial charge >= 0.3 is 0 Å². The highest BCUT2D eigenvalue weighted by atomic mass is 16.2. The van der Waals surface area contributed by atoms with Gasteiger partial charge in [-0.3, -0.25) is 9.59 Å². The first-order valence-electron chi connectivity index (χ1n) is 6.88. The second-order valence-electron chi connectivity index (χ2n) is 5.89. The molecule has 0 spiro atoms. The molecule has 1 saturated carbocycles. The summed E-state index contributed by atoms with van der Waals surface area (Å²) in [5.41, 5.74) is 0. The number of Topliss-reactive ketones (excluding diaryl/α,β-unsaturated/α-hetero) is 1. The number of nitrogens with zero attached hydrogens (tertiary/aromatic N) is 1.